The van der Waals surface area contributed by atoms with Gasteiger partial charge in [-0.1, -0.05) is 30.2 Å². The second kappa shape index (κ2) is 7.76. The third-order valence-electron chi connectivity index (χ3n) is 4.67. The Morgan fingerprint density at radius 2 is 1.93 bits per heavy atom. The molecule has 0 unspecified atom stereocenters. The normalized spacial score (nSPS) is 15.7. The predicted molar refractivity (Wildman–Crippen MR) is 94.6 cm³/mol. The van der Waals surface area contributed by atoms with Crippen LogP contribution in [-0.4, -0.2) is 23.7 Å². The van der Waals surface area contributed by atoms with E-state index in [9.17, 15) is 18.0 Å². The highest BCUT2D eigenvalue weighted by Crippen LogP contribution is 2.44. The number of hydrogen-bond acceptors (Lipinski definition) is 3. The molecule has 27 heavy (non-hydrogen) atoms. The predicted octanol–water partition coefficient (Wildman–Crippen LogP) is 4.41. The smallest absolute Gasteiger partial charge is 0.422 e. The molecule has 2 aromatic rings. The van der Waals surface area contributed by atoms with Crippen molar-refractivity contribution in [1.82, 2.24) is 10.3 Å². The lowest BCUT2D eigenvalue weighted by atomic mass is 9.64. The highest BCUT2D eigenvalue weighted by atomic mass is 35.5. The number of aromatic nitrogens is 1. The van der Waals surface area contributed by atoms with E-state index in [1.807, 2.05) is 12.1 Å². The van der Waals surface area contributed by atoms with Crippen LogP contribution in [0.5, 0.6) is 5.88 Å². The van der Waals surface area contributed by atoms with Crippen molar-refractivity contribution in [3.05, 3.63) is 58.7 Å². The number of ether oxygens (including phenoxy) is 1. The first-order valence-corrected chi connectivity index (χ1v) is 8.85. The average molecular weight is 399 g/mol. The molecular formula is C19H18ClF3N2O2. The number of nitrogens with zero attached hydrogens (tertiary/aromatic N) is 1. The third-order valence-corrected chi connectivity index (χ3v) is 4.93. The zero-order valence-corrected chi connectivity index (χ0v) is 15.1. The number of carbonyl (C=O) groups excluding carboxylic acids is 1. The van der Waals surface area contributed by atoms with E-state index < -0.39 is 18.2 Å². The van der Waals surface area contributed by atoms with Gasteiger partial charge in [0.15, 0.2) is 6.61 Å². The molecule has 1 N–H and O–H groups in total. The quantitative estimate of drug-likeness (QED) is 0.784. The number of carbonyl (C=O) groups is 1. The Morgan fingerprint density at radius 3 is 2.52 bits per heavy atom. The second-order valence-electron chi connectivity index (χ2n) is 6.53. The molecule has 4 nitrogen and oxygen atoms in total. The van der Waals surface area contributed by atoms with Crippen molar-refractivity contribution in [3.8, 4) is 5.88 Å². The number of pyridine rings is 1. The number of rotatable bonds is 6. The second-order valence-corrected chi connectivity index (χ2v) is 6.97. The first-order chi connectivity index (χ1) is 12.8. The molecule has 8 heteroatoms. The molecule has 1 aliphatic carbocycles. The fourth-order valence-electron chi connectivity index (χ4n) is 3.09. The van der Waals surface area contributed by atoms with Crippen molar-refractivity contribution in [1.29, 1.82) is 0 Å². The van der Waals surface area contributed by atoms with Gasteiger partial charge in [0.2, 0.25) is 11.8 Å². The van der Waals surface area contributed by atoms with Crippen LogP contribution in [0.3, 0.4) is 0 Å². The van der Waals surface area contributed by atoms with Crippen LogP contribution in [0.2, 0.25) is 5.02 Å². The Morgan fingerprint density at radius 1 is 1.22 bits per heavy atom. The first kappa shape index (κ1) is 19.5. The van der Waals surface area contributed by atoms with Crippen LogP contribution in [0, 0.1) is 0 Å². The SMILES string of the molecule is O=C(NCc1ccnc(OCC(F)(F)F)c1)C1(c2ccc(Cl)cc2)CCC1. The largest absolute Gasteiger partial charge is 0.468 e. The van der Waals surface area contributed by atoms with Gasteiger partial charge in [-0.2, -0.15) is 13.2 Å². The van der Waals surface area contributed by atoms with E-state index in [-0.39, 0.29) is 18.3 Å². The minimum atomic E-state index is -4.43. The minimum absolute atomic E-state index is 0.106. The lowest BCUT2D eigenvalue weighted by molar-refractivity contribution is -0.154. The van der Waals surface area contributed by atoms with Crippen molar-refractivity contribution in [2.24, 2.45) is 0 Å². The average Bonchev–Trinajstić information content (AvgIpc) is 2.59. The van der Waals surface area contributed by atoms with Gasteiger partial charge in [-0.05, 0) is 42.2 Å². The van der Waals surface area contributed by atoms with Crippen LogP contribution in [0.15, 0.2) is 42.6 Å². The van der Waals surface area contributed by atoms with E-state index in [4.69, 9.17) is 11.6 Å². The topological polar surface area (TPSA) is 51.2 Å². The van der Waals surface area contributed by atoms with Crippen molar-refractivity contribution in [2.45, 2.75) is 37.4 Å². The fraction of sp³-hybridized carbons (Fsp3) is 0.368. The summed E-state index contributed by atoms with van der Waals surface area (Å²) in [4.78, 5) is 16.6. The first-order valence-electron chi connectivity index (χ1n) is 8.47. The van der Waals surface area contributed by atoms with Gasteiger partial charge in [-0.25, -0.2) is 4.98 Å². The monoisotopic (exact) mass is 398 g/mol. The maximum absolute atomic E-state index is 12.8. The summed E-state index contributed by atoms with van der Waals surface area (Å²) in [5, 5.41) is 3.49. The standard InChI is InChI=1S/C19H18ClF3N2O2/c20-15-4-2-14(3-5-15)18(7-1-8-18)17(26)25-11-13-6-9-24-16(10-13)27-12-19(21,22)23/h2-6,9-10H,1,7-8,11-12H2,(H,25,26). The Hall–Kier alpha value is -2.28. The van der Waals surface area contributed by atoms with E-state index in [0.717, 1.165) is 24.8 Å². The molecule has 0 atom stereocenters. The summed E-state index contributed by atoms with van der Waals surface area (Å²) in [5.41, 5.74) is 0.952. The molecule has 0 spiro atoms. The Bertz CT molecular complexity index is 805. The summed E-state index contributed by atoms with van der Waals surface area (Å²) < 4.78 is 41.4. The molecule has 0 saturated heterocycles. The van der Waals surface area contributed by atoms with Crippen LogP contribution in [0.4, 0.5) is 13.2 Å². The van der Waals surface area contributed by atoms with Crippen molar-refractivity contribution < 1.29 is 22.7 Å². The summed E-state index contributed by atoms with van der Waals surface area (Å²) in [5.74, 6) is -0.235. The van der Waals surface area contributed by atoms with E-state index in [0.29, 0.717) is 10.6 Å². The molecule has 1 aromatic heterocycles. The molecular weight excluding hydrogens is 381 g/mol. The van der Waals surface area contributed by atoms with Gasteiger partial charge >= 0.3 is 6.18 Å². The van der Waals surface area contributed by atoms with Gasteiger partial charge in [-0.15, -0.1) is 0 Å². The fourth-order valence-corrected chi connectivity index (χ4v) is 3.22. The number of halogens is 4. The molecule has 1 fully saturated rings. The molecule has 3 rings (SSSR count). The summed E-state index contributed by atoms with van der Waals surface area (Å²) in [7, 11) is 0. The van der Waals surface area contributed by atoms with Crippen LogP contribution in [0.25, 0.3) is 0 Å². The van der Waals surface area contributed by atoms with E-state index >= 15 is 0 Å². The van der Waals surface area contributed by atoms with Crippen LogP contribution < -0.4 is 10.1 Å². The van der Waals surface area contributed by atoms with E-state index in [2.05, 4.69) is 15.0 Å². The lowest BCUT2D eigenvalue weighted by Gasteiger charge is -2.40. The third kappa shape index (κ3) is 4.71. The summed E-state index contributed by atoms with van der Waals surface area (Å²) in [6.07, 6.45) is -0.624. The zero-order valence-electron chi connectivity index (χ0n) is 14.4. The maximum Gasteiger partial charge on any atom is 0.422 e. The van der Waals surface area contributed by atoms with Gasteiger partial charge in [0, 0.05) is 23.8 Å². The van der Waals surface area contributed by atoms with Gasteiger partial charge < -0.3 is 10.1 Å². The molecule has 1 aromatic carbocycles. The molecule has 0 bridgehead atoms. The van der Waals surface area contributed by atoms with Crippen molar-refractivity contribution in [3.63, 3.8) is 0 Å². The van der Waals surface area contributed by atoms with Crippen LogP contribution >= 0.6 is 11.6 Å². The Balaban J connectivity index is 1.64. The Kier molecular flexibility index (Phi) is 5.60. The molecule has 1 aliphatic rings. The molecule has 0 aliphatic heterocycles. The number of hydrogen-bond donors (Lipinski definition) is 1. The summed E-state index contributed by atoms with van der Waals surface area (Å²) in [6, 6.07) is 10.3. The molecule has 1 heterocycles. The van der Waals surface area contributed by atoms with Crippen LogP contribution in [0.1, 0.15) is 30.4 Å². The maximum atomic E-state index is 12.8. The number of amides is 1. The highest BCUT2D eigenvalue weighted by Gasteiger charge is 2.45. The lowest BCUT2D eigenvalue weighted by Crippen LogP contribution is -2.48. The Labute approximate surface area is 159 Å². The molecule has 0 radical (unpaired) electrons. The number of alkyl halides is 3. The van der Waals surface area contributed by atoms with Crippen molar-refractivity contribution in [2.75, 3.05) is 6.61 Å². The minimum Gasteiger partial charge on any atom is -0.468 e. The van der Waals surface area contributed by atoms with Crippen LogP contribution in [-0.2, 0) is 16.8 Å². The van der Waals surface area contributed by atoms with Gasteiger partial charge in [0.1, 0.15) is 0 Å². The van der Waals surface area contributed by atoms with E-state index in [1.165, 1.54) is 12.3 Å². The van der Waals surface area contributed by atoms with E-state index in [1.54, 1.807) is 18.2 Å². The molecule has 144 valence electrons. The highest BCUT2D eigenvalue weighted by molar-refractivity contribution is 6.30. The van der Waals surface area contributed by atoms with Gasteiger partial charge in [-0.3, -0.25) is 4.79 Å². The zero-order chi connectivity index (χ0) is 19.5. The molecule has 1 amide bonds. The summed E-state index contributed by atoms with van der Waals surface area (Å²) >= 11 is 5.92. The van der Waals surface area contributed by atoms with Gasteiger partial charge in [0.25, 0.3) is 0 Å². The van der Waals surface area contributed by atoms with Gasteiger partial charge in [0.05, 0.1) is 5.41 Å². The summed E-state index contributed by atoms with van der Waals surface area (Å²) in [6.45, 7) is -1.23. The number of nitrogens with one attached hydrogen (secondary N) is 1. The number of benzene rings is 1. The van der Waals surface area contributed by atoms with Crippen molar-refractivity contribution >= 4 is 17.5 Å². The molecule has 1 saturated carbocycles.